The molecule has 0 saturated heterocycles. The van der Waals surface area contributed by atoms with Crippen molar-refractivity contribution in [3.63, 3.8) is 0 Å². The Hall–Kier alpha value is -6.46. The zero-order valence-corrected chi connectivity index (χ0v) is 30.7. The number of fused-ring (bicyclic) bond motifs is 8. The lowest BCUT2D eigenvalue weighted by Crippen LogP contribution is -1.96. The topological polar surface area (TPSA) is 25.8 Å². The molecule has 11 rings (SSSR count). The van der Waals surface area contributed by atoms with Crippen molar-refractivity contribution in [3.05, 3.63) is 182 Å². The first-order valence-electron chi connectivity index (χ1n) is 18.2. The summed E-state index contributed by atoms with van der Waals surface area (Å²) >= 11 is 3.76. The first kappa shape index (κ1) is 31.1. The summed E-state index contributed by atoms with van der Waals surface area (Å²) in [6.45, 7) is 0. The van der Waals surface area contributed by atoms with Crippen LogP contribution in [0.4, 0.5) is 0 Å². The van der Waals surface area contributed by atoms with Gasteiger partial charge in [0, 0.05) is 62.6 Å². The average molecular weight is 723 g/mol. The molecule has 11 aromatic rings. The van der Waals surface area contributed by atoms with Crippen LogP contribution in [0.5, 0.6) is 0 Å². The van der Waals surface area contributed by atoms with Crippen molar-refractivity contribution in [1.29, 1.82) is 0 Å². The fourth-order valence-corrected chi connectivity index (χ4v) is 10.4. The minimum atomic E-state index is 0.718. The maximum Gasteiger partial charge on any atom is 0.160 e. The summed E-state index contributed by atoms with van der Waals surface area (Å²) in [5.74, 6) is 0.718. The Kier molecular flexibility index (Phi) is 7.25. The van der Waals surface area contributed by atoms with Gasteiger partial charge in [-0.1, -0.05) is 146 Å². The third kappa shape index (κ3) is 5.07. The Labute approximate surface area is 320 Å². The first-order valence-corrected chi connectivity index (χ1v) is 19.8. The first-order chi connectivity index (χ1) is 26.8. The quantitative estimate of drug-likeness (QED) is 0.177. The summed E-state index contributed by atoms with van der Waals surface area (Å²) in [4.78, 5) is 10.2. The highest BCUT2D eigenvalue weighted by molar-refractivity contribution is 7.26. The van der Waals surface area contributed by atoms with Gasteiger partial charge in [0.25, 0.3) is 0 Å². The van der Waals surface area contributed by atoms with Crippen LogP contribution < -0.4 is 0 Å². The van der Waals surface area contributed by atoms with E-state index >= 15 is 0 Å². The van der Waals surface area contributed by atoms with E-state index in [0.29, 0.717) is 0 Å². The van der Waals surface area contributed by atoms with Gasteiger partial charge in [0.2, 0.25) is 0 Å². The summed E-state index contributed by atoms with van der Waals surface area (Å²) in [6, 6.07) is 65.4. The summed E-state index contributed by atoms with van der Waals surface area (Å²) in [5.41, 5.74) is 9.89. The summed E-state index contributed by atoms with van der Waals surface area (Å²) in [7, 11) is 0. The Morgan fingerprint density at radius 1 is 0.333 bits per heavy atom. The number of aromatic nitrogens is 2. The minimum absolute atomic E-state index is 0.718. The molecule has 0 spiro atoms. The van der Waals surface area contributed by atoms with Crippen LogP contribution in [0.2, 0.25) is 0 Å². The van der Waals surface area contributed by atoms with Crippen molar-refractivity contribution in [3.8, 4) is 56.2 Å². The second-order valence-electron chi connectivity index (χ2n) is 13.7. The van der Waals surface area contributed by atoms with Gasteiger partial charge >= 0.3 is 0 Å². The molecule has 2 nitrogen and oxygen atoms in total. The molecule has 0 N–H and O–H groups in total. The minimum Gasteiger partial charge on any atom is -0.228 e. The van der Waals surface area contributed by atoms with Crippen LogP contribution in [0.15, 0.2) is 182 Å². The number of rotatable bonds is 5. The second kappa shape index (κ2) is 12.6. The third-order valence-electron chi connectivity index (χ3n) is 10.5. The van der Waals surface area contributed by atoms with Gasteiger partial charge in [0.1, 0.15) is 0 Å². The SMILES string of the molecule is c1ccc(-c2cc(-c3cccc(-c4cc5cccc(-c6cccc7sc8ccccc8c67)c5c5c4sc4ccccc45)c3)nc(-c3ccccc3)n2)cc1. The van der Waals surface area contributed by atoms with Crippen LogP contribution in [-0.2, 0) is 0 Å². The molecule has 0 amide bonds. The van der Waals surface area contributed by atoms with Crippen molar-refractivity contribution in [2.45, 2.75) is 0 Å². The van der Waals surface area contributed by atoms with Crippen LogP contribution in [0.1, 0.15) is 0 Å². The Bertz CT molecular complexity index is 3160. The summed E-state index contributed by atoms with van der Waals surface area (Å²) in [5, 5.41) is 7.82. The highest BCUT2D eigenvalue weighted by Crippen LogP contribution is 2.49. The van der Waals surface area contributed by atoms with Gasteiger partial charge in [-0.25, -0.2) is 9.97 Å². The molecule has 252 valence electrons. The van der Waals surface area contributed by atoms with E-state index in [2.05, 4.69) is 158 Å². The molecule has 0 aliphatic rings. The number of benzene rings is 8. The van der Waals surface area contributed by atoms with Gasteiger partial charge in [-0.05, 0) is 63.9 Å². The van der Waals surface area contributed by atoms with E-state index in [-0.39, 0.29) is 0 Å². The van der Waals surface area contributed by atoms with E-state index in [1.54, 1.807) is 0 Å². The highest BCUT2D eigenvalue weighted by Gasteiger charge is 2.20. The normalized spacial score (nSPS) is 11.7. The van der Waals surface area contributed by atoms with Crippen molar-refractivity contribution in [1.82, 2.24) is 9.97 Å². The number of hydrogen-bond donors (Lipinski definition) is 0. The van der Waals surface area contributed by atoms with E-state index in [9.17, 15) is 0 Å². The fraction of sp³-hybridized carbons (Fsp3) is 0. The highest BCUT2D eigenvalue weighted by atomic mass is 32.1. The molecule has 0 bridgehead atoms. The Morgan fingerprint density at radius 2 is 0.889 bits per heavy atom. The molecular weight excluding hydrogens is 693 g/mol. The van der Waals surface area contributed by atoms with Crippen molar-refractivity contribution >= 4 is 73.8 Å². The van der Waals surface area contributed by atoms with Crippen molar-refractivity contribution in [2.24, 2.45) is 0 Å². The molecule has 0 unspecified atom stereocenters. The van der Waals surface area contributed by atoms with E-state index in [1.807, 2.05) is 46.9 Å². The number of nitrogens with zero attached hydrogens (tertiary/aromatic N) is 2. The van der Waals surface area contributed by atoms with Crippen LogP contribution in [0.25, 0.3) is 107 Å². The van der Waals surface area contributed by atoms with Gasteiger partial charge in [0.15, 0.2) is 5.82 Å². The molecule has 4 heteroatoms. The lowest BCUT2D eigenvalue weighted by Gasteiger charge is -2.14. The van der Waals surface area contributed by atoms with E-state index < -0.39 is 0 Å². The Morgan fingerprint density at radius 3 is 1.67 bits per heavy atom. The molecular formula is C50H30N2S2. The van der Waals surface area contributed by atoms with Crippen LogP contribution >= 0.6 is 22.7 Å². The van der Waals surface area contributed by atoms with Gasteiger partial charge in [-0.15, -0.1) is 22.7 Å². The van der Waals surface area contributed by atoms with Crippen LogP contribution in [0, 0.1) is 0 Å². The Balaban J connectivity index is 1.15. The van der Waals surface area contributed by atoms with Crippen molar-refractivity contribution < 1.29 is 0 Å². The fourth-order valence-electron chi connectivity index (χ4n) is 8.03. The van der Waals surface area contributed by atoms with E-state index in [1.165, 1.54) is 73.4 Å². The van der Waals surface area contributed by atoms with Gasteiger partial charge < -0.3 is 0 Å². The molecule has 54 heavy (non-hydrogen) atoms. The number of hydrogen-bond acceptors (Lipinski definition) is 4. The van der Waals surface area contributed by atoms with Crippen LogP contribution in [0.3, 0.4) is 0 Å². The largest absolute Gasteiger partial charge is 0.228 e. The average Bonchev–Trinajstić information content (AvgIpc) is 3.83. The predicted octanol–water partition coefficient (Wildman–Crippen LogP) is 14.7. The van der Waals surface area contributed by atoms with Crippen molar-refractivity contribution in [2.75, 3.05) is 0 Å². The van der Waals surface area contributed by atoms with Gasteiger partial charge in [-0.2, -0.15) is 0 Å². The smallest absolute Gasteiger partial charge is 0.160 e. The van der Waals surface area contributed by atoms with Gasteiger partial charge in [0.05, 0.1) is 11.4 Å². The lowest BCUT2D eigenvalue weighted by atomic mass is 9.89. The predicted molar refractivity (Wildman–Crippen MR) is 232 cm³/mol. The van der Waals surface area contributed by atoms with Gasteiger partial charge in [-0.3, -0.25) is 0 Å². The molecule has 0 atom stereocenters. The third-order valence-corrected chi connectivity index (χ3v) is 12.8. The molecule has 8 aromatic carbocycles. The maximum atomic E-state index is 5.16. The standard InChI is InChI=1S/C50H30N2S2/c1-3-14-31(15-4-1)41-30-42(52-50(51-41)32-16-5-2-6-17-32)34-19-11-18-33(28-34)40-29-35-20-12-23-36(46(35)48-39-22-8-10-26-44(39)54-49(40)48)37-24-13-27-45-47(37)38-21-7-9-25-43(38)53-45/h1-30H. The second-order valence-corrected chi connectivity index (χ2v) is 15.8. The molecule has 0 saturated carbocycles. The summed E-state index contributed by atoms with van der Waals surface area (Å²) < 4.78 is 5.24. The maximum absolute atomic E-state index is 5.16. The lowest BCUT2D eigenvalue weighted by molar-refractivity contribution is 1.18. The van der Waals surface area contributed by atoms with E-state index in [4.69, 9.17) is 9.97 Å². The number of thiophene rings is 2. The molecule has 3 heterocycles. The zero-order chi connectivity index (χ0) is 35.6. The molecule has 3 aromatic heterocycles. The summed E-state index contributed by atoms with van der Waals surface area (Å²) in [6.07, 6.45) is 0. The zero-order valence-electron chi connectivity index (χ0n) is 29.0. The molecule has 0 fully saturated rings. The van der Waals surface area contributed by atoms with Crippen LogP contribution in [-0.4, -0.2) is 9.97 Å². The van der Waals surface area contributed by atoms with E-state index in [0.717, 1.165) is 33.9 Å². The molecule has 0 radical (unpaired) electrons. The molecule has 0 aliphatic heterocycles. The molecule has 0 aliphatic carbocycles. The monoisotopic (exact) mass is 722 g/mol.